The van der Waals surface area contributed by atoms with E-state index < -0.39 is 11.9 Å². The summed E-state index contributed by atoms with van der Waals surface area (Å²) in [6.07, 6.45) is 4.26. The van der Waals surface area contributed by atoms with Crippen LogP contribution >= 0.6 is 0 Å². The van der Waals surface area contributed by atoms with E-state index in [0.717, 1.165) is 36.8 Å². The molecule has 0 aliphatic rings. The van der Waals surface area contributed by atoms with Gasteiger partial charge in [0.05, 0.1) is 6.61 Å². The van der Waals surface area contributed by atoms with Gasteiger partial charge in [-0.25, -0.2) is 0 Å². The van der Waals surface area contributed by atoms with Crippen molar-refractivity contribution in [2.75, 3.05) is 6.61 Å². The standard InChI is InChI=1S/C25H32O3/c1-5-7-14-20(6-2)17-28-25(27)23(21-15-9-8-10-16-21)24(26)22-18(3)12-11-13-19(22)4/h8-13,15-16,20,23H,5-7,14,17H2,1-4H3. The number of aryl methyl sites for hydroxylation is 2. The highest BCUT2D eigenvalue weighted by Gasteiger charge is 2.32. The Bertz CT molecular complexity index is 759. The minimum absolute atomic E-state index is 0.187. The minimum atomic E-state index is -0.926. The van der Waals surface area contributed by atoms with E-state index in [1.54, 1.807) is 0 Å². The van der Waals surface area contributed by atoms with Gasteiger partial charge in [-0.05, 0) is 42.9 Å². The number of hydrogen-bond acceptors (Lipinski definition) is 3. The van der Waals surface area contributed by atoms with Crippen LogP contribution in [-0.4, -0.2) is 18.4 Å². The van der Waals surface area contributed by atoms with Gasteiger partial charge in [-0.15, -0.1) is 0 Å². The highest BCUT2D eigenvalue weighted by atomic mass is 16.5. The average molecular weight is 381 g/mol. The van der Waals surface area contributed by atoms with Crippen LogP contribution in [-0.2, 0) is 9.53 Å². The number of Topliss-reactive ketones (excluding diaryl/α,β-unsaturated/α-hetero) is 1. The van der Waals surface area contributed by atoms with Gasteiger partial charge in [0.25, 0.3) is 0 Å². The zero-order valence-corrected chi connectivity index (χ0v) is 17.5. The first-order valence-corrected chi connectivity index (χ1v) is 10.3. The van der Waals surface area contributed by atoms with Gasteiger partial charge in [-0.1, -0.05) is 81.6 Å². The average Bonchev–Trinajstić information content (AvgIpc) is 2.69. The van der Waals surface area contributed by atoms with Crippen LogP contribution in [0.5, 0.6) is 0 Å². The number of ether oxygens (including phenoxy) is 1. The molecule has 150 valence electrons. The maximum absolute atomic E-state index is 13.4. The molecule has 0 bridgehead atoms. The van der Waals surface area contributed by atoms with Gasteiger partial charge in [0.2, 0.25) is 0 Å². The molecule has 2 aromatic carbocycles. The first-order chi connectivity index (χ1) is 13.5. The lowest BCUT2D eigenvalue weighted by molar-refractivity contribution is -0.145. The summed E-state index contributed by atoms with van der Waals surface area (Å²) >= 11 is 0. The molecule has 0 aliphatic heterocycles. The van der Waals surface area contributed by atoms with Gasteiger partial charge >= 0.3 is 5.97 Å². The van der Waals surface area contributed by atoms with Gasteiger partial charge in [0.15, 0.2) is 5.78 Å². The van der Waals surface area contributed by atoms with E-state index in [1.165, 1.54) is 0 Å². The number of carbonyl (C=O) groups excluding carboxylic acids is 2. The van der Waals surface area contributed by atoms with Crippen LogP contribution in [0.15, 0.2) is 48.5 Å². The Kier molecular flexibility index (Phi) is 8.43. The summed E-state index contributed by atoms with van der Waals surface area (Å²) in [5.41, 5.74) is 3.06. The largest absolute Gasteiger partial charge is 0.465 e. The Morgan fingerprint density at radius 3 is 2.14 bits per heavy atom. The van der Waals surface area contributed by atoms with Crippen molar-refractivity contribution in [2.24, 2.45) is 5.92 Å². The SMILES string of the molecule is CCCCC(CC)COC(=O)C(C(=O)c1c(C)cccc1C)c1ccccc1. The molecule has 0 heterocycles. The molecule has 0 saturated heterocycles. The Morgan fingerprint density at radius 2 is 1.57 bits per heavy atom. The highest BCUT2D eigenvalue weighted by Crippen LogP contribution is 2.27. The van der Waals surface area contributed by atoms with E-state index in [1.807, 2.05) is 62.4 Å². The third kappa shape index (κ3) is 5.54. The Morgan fingerprint density at radius 1 is 0.929 bits per heavy atom. The van der Waals surface area contributed by atoms with Gasteiger partial charge < -0.3 is 4.74 Å². The fraction of sp³-hybridized carbons (Fsp3) is 0.440. The van der Waals surface area contributed by atoms with Gasteiger partial charge in [0, 0.05) is 5.56 Å². The molecule has 2 atom stereocenters. The molecule has 3 nitrogen and oxygen atoms in total. The van der Waals surface area contributed by atoms with Crippen molar-refractivity contribution in [3.8, 4) is 0 Å². The van der Waals surface area contributed by atoms with E-state index in [4.69, 9.17) is 4.74 Å². The van der Waals surface area contributed by atoms with Crippen molar-refractivity contribution in [3.05, 3.63) is 70.8 Å². The van der Waals surface area contributed by atoms with E-state index in [0.29, 0.717) is 23.7 Å². The molecule has 0 fully saturated rings. The monoisotopic (exact) mass is 380 g/mol. The lowest BCUT2D eigenvalue weighted by Crippen LogP contribution is -2.27. The fourth-order valence-corrected chi connectivity index (χ4v) is 3.57. The van der Waals surface area contributed by atoms with Crippen LogP contribution < -0.4 is 0 Å². The highest BCUT2D eigenvalue weighted by molar-refractivity contribution is 6.14. The summed E-state index contributed by atoms with van der Waals surface area (Å²) in [5.74, 6) is -1.22. The van der Waals surface area contributed by atoms with Crippen molar-refractivity contribution in [2.45, 2.75) is 59.3 Å². The molecule has 0 spiro atoms. The molecule has 28 heavy (non-hydrogen) atoms. The summed E-state index contributed by atoms with van der Waals surface area (Å²) in [7, 11) is 0. The molecule has 0 radical (unpaired) electrons. The first-order valence-electron chi connectivity index (χ1n) is 10.3. The summed E-state index contributed by atoms with van der Waals surface area (Å²) in [4.78, 5) is 26.4. The Hall–Kier alpha value is -2.42. The maximum atomic E-state index is 13.4. The van der Waals surface area contributed by atoms with Crippen LogP contribution in [0.1, 0.15) is 72.5 Å². The summed E-state index contributed by atoms with van der Waals surface area (Å²) in [5, 5.41) is 0. The topological polar surface area (TPSA) is 43.4 Å². The van der Waals surface area contributed by atoms with Crippen molar-refractivity contribution in [3.63, 3.8) is 0 Å². The third-order valence-corrected chi connectivity index (χ3v) is 5.36. The number of benzene rings is 2. The molecule has 2 aromatic rings. The number of carbonyl (C=O) groups is 2. The van der Waals surface area contributed by atoms with Crippen LogP contribution in [0.4, 0.5) is 0 Å². The molecule has 0 amide bonds. The number of rotatable bonds is 10. The predicted molar refractivity (Wildman–Crippen MR) is 114 cm³/mol. The van der Waals surface area contributed by atoms with E-state index in [2.05, 4.69) is 13.8 Å². The van der Waals surface area contributed by atoms with Gasteiger partial charge in [0.1, 0.15) is 5.92 Å². The van der Waals surface area contributed by atoms with Crippen LogP contribution in [0.3, 0.4) is 0 Å². The molecule has 2 unspecified atom stereocenters. The minimum Gasteiger partial charge on any atom is -0.465 e. The smallest absolute Gasteiger partial charge is 0.321 e. The van der Waals surface area contributed by atoms with Crippen molar-refractivity contribution in [1.82, 2.24) is 0 Å². The van der Waals surface area contributed by atoms with Gasteiger partial charge in [-0.2, -0.15) is 0 Å². The molecule has 2 rings (SSSR count). The maximum Gasteiger partial charge on any atom is 0.321 e. The molecule has 0 saturated carbocycles. The van der Waals surface area contributed by atoms with E-state index in [9.17, 15) is 9.59 Å². The molecular formula is C25H32O3. The Balaban J connectivity index is 2.28. The lowest BCUT2D eigenvalue weighted by atomic mass is 9.87. The predicted octanol–water partition coefficient (Wildman–Crippen LogP) is 6.03. The van der Waals surface area contributed by atoms with E-state index >= 15 is 0 Å². The van der Waals surface area contributed by atoms with E-state index in [-0.39, 0.29) is 5.78 Å². The number of esters is 1. The van der Waals surface area contributed by atoms with Gasteiger partial charge in [-0.3, -0.25) is 9.59 Å². The van der Waals surface area contributed by atoms with Crippen molar-refractivity contribution >= 4 is 11.8 Å². The molecular weight excluding hydrogens is 348 g/mol. The molecule has 0 aliphatic carbocycles. The van der Waals surface area contributed by atoms with Crippen LogP contribution in [0, 0.1) is 19.8 Å². The second kappa shape index (κ2) is 10.8. The number of ketones is 1. The van der Waals surface area contributed by atoms with Crippen molar-refractivity contribution in [1.29, 1.82) is 0 Å². The zero-order chi connectivity index (χ0) is 20.5. The molecule has 0 aromatic heterocycles. The normalized spacial score (nSPS) is 13.0. The number of hydrogen-bond donors (Lipinski definition) is 0. The zero-order valence-electron chi connectivity index (χ0n) is 17.5. The fourth-order valence-electron chi connectivity index (χ4n) is 3.57. The van der Waals surface area contributed by atoms with Crippen LogP contribution in [0.25, 0.3) is 0 Å². The summed E-state index contributed by atoms with van der Waals surface area (Å²) < 4.78 is 5.67. The number of unbranched alkanes of at least 4 members (excludes halogenated alkanes) is 1. The molecule has 3 heteroatoms. The molecule has 0 N–H and O–H groups in total. The third-order valence-electron chi connectivity index (χ3n) is 5.36. The summed E-state index contributed by atoms with van der Waals surface area (Å²) in [6.45, 7) is 8.47. The first kappa shape index (κ1) is 21.9. The van der Waals surface area contributed by atoms with Crippen LogP contribution in [0.2, 0.25) is 0 Å². The Labute approximate surface area is 169 Å². The second-order valence-electron chi connectivity index (χ2n) is 7.52. The second-order valence-corrected chi connectivity index (χ2v) is 7.52. The lowest BCUT2D eigenvalue weighted by Gasteiger charge is -2.20. The summed E-state index contributed by atoms with van der Waals surface area (Å²) in [6, 6.07) is 15.0. The van der Waals surface area contributed by atoms with Crippen molar-refractivity contribution < 1.29 is 14.3 Å². The quantitative estimate of drug-likeness (QED) is 0.287.